The zero-order valence-corrected chi connectivity index (χ0v) is 8.27. The summed E-state index contributed by atoms with van der Waals surface area (Å²) in [5.74, 6) is -0.121. The second-order valence-corrected chi connectivity index (χ2v) is 3.65. The average Bonchev–Trinajstić information content (AvgIpc) is 2.41. The maximum Gasteiger partial charge on any atom is 0.226 e. The molecule has 0 saturated carbocycles. The number of hydrogen-bond acceptors (Lipinski definition) is 2. The fourth-order valence-corrected chi connectivity index (χ4v) is 1.97. The van der Waals surface area contributed by atoms with Crippen molar-refractivity contribution in [1.82, 2.24) is 0 Å². The van der Waals surface area contributed by atoms with Crippen molar-refractivity contribution in [3.05, 3.63) is 29.8 Å². The number of carbonyl (C=O) groups excluding carboxylic acids is 1. The highest BCUT2D eigenvalue weighted by molar-refractivity contribution is 5.94. The number of rotatable bonds is 0. The van der Waals surface area contributed by atoms with Crippen LogP contribution in [-0.2, 0) is 4.79 Å². The van der Waals surface area contributed by atoms with Gasteiger partial charge in [-0.3, -0.25) is 9.69 Å². The van der Waals surface area contributed by atoms with E-state index >= 15 is 0 Å². The van der Waals surface area contributed by atoms with E-state index in [1.165, 1.54) is 11.8 Å². The van der Waals surface area contributed by atoms with E-state index in [-0.39, 0.29) is 11.8 Å². The molecule has 74 valence electrons. The van der Waals surface area contributed by atoms with Crippen LogP contribution in [0, 0.1) is 0 Å². The monoisotopic (exact) mass is 191 g/mol. The summed E-state index contributed by atoms with van der Waals surface area (Å²) >= 11 is 0. The summed E-state index contributed by atoms with van der Waals surface area (Å²) in [5.41, 5.74) is 1.87. The first-order valence-corrected chi connectivity index (χ1v) is 4.69. The summed E-state index contributed by atoms with van der Waals surface area (Å²) in [5, 5.41) is 9.85. The largest absolute Gasteiger partial charge is 0.372 e. The van der Waals surface area contributed by atoms with E-state index in [2.05, 4.69) is 0 Å². The van der Waals surface area contributed by atoms with E-state index in [1.807, 2.05) is 31.2 Å². The van der Waals surface area contributed by atoms with Crippen molar-refractivity contribution >= 4 is 11.6 Å². The highest BCUT2D eigenvalue weighted by Gasteiger charge is 2.36. The Balaban J connectivity index is 2.53. The summed E-state index contributed by atoms with van der Waals surface area (Å²) in [4.78, 5) is 12.8. The molecule has 1 aliphatic heterocycles. The van der Waals surface area contributed by atoms with Crippen molar-refractivity contribution in [1.29, 1.82) is 0 Å². The number of benzene rings is 1. The van der Waals surface area contributed by atoms with E-state index in [4.69, 9.17) is 0 Å². The molecule has 1 aromatic rings. The van der Waals surface area contributed by atoms with Gasteiger partial charge < -0.3 is 5.11 Å². The van der Waals surface area contributed by atoms with Gasteiger partial charge in [-0.1, -0.05) is 25.1 Å². The number of hydrogen-bond donors (Lipinski definition) is 1. The van der Waals surface area contributed by atoms with Crippen LogP contribution < -0.4 is 4.90 Å². The predicted octanol–water partition coefficient (Wildman–Crippen LogP) is 1.48. The highest BCUT2D eigenvalue weighted by atomic mass is 16.3. The Morgan fingerprint density at radius 2 is 2.07 bits per heavy atom. The molecule has 0 saturated heterocycles. The summed E-state index contributed by atoms with van der Waals surface area (Å²) in [6, 6.07) is 7.61. The molecule has 3 heteroatoms. The maximum absolute atomic E-state index is 11.3. The second-order valence-electron chi connectivity index (χ2n) is 3.65. The topological polar surface area (TPSA) is 40.5 Å². The molecular weight excluding hydrogens is 178 g/mol. The molecule has 0 unspecified atom stereocenters. The minimum atomic E-state index is -0.718. The highest BCUT2D eigenvalue weighted by Crippen LogP contribution is 2.39. The van der Waals surface area contributed by atoms with Gasteiger partial charge in [0, 0.05) is 18.5 Å². The number of carbonyl (C=O) groups is 1. The van der Waals surface area contributed by atoms with Gasteiger partial charge >= 0.3 is 0 Å². The number of anilines is 1. The van der Waals surface area contributed by atoms with Gasteiger partial charge in [-0.15, -0.1) is 0 Å². The third-order valence-electron chi connectivity index (χ3n) is 2.74. The molecule has 1 N–H and O–H groups in total. The second kappa shape index (κ2) is 3.10. The zero-order chi connectivity index (χ0) is 10.3. The number of amides is 1. The van der Waals surface area contributed by atoms with Gasteiger partial charge in [0.1, 0.15) is 6.23 Å². The molecule has 0 aliphatic carbocycles. The van der Waals surface area contributed by atoms with Crippen LogP contribution in [0.5, 0.6) is 0 Å². The Hall–Kier alpha value is -1.35. The van der Waals surface area contributed by atoms with E-state index in [9.17, 15) is 9.90 Å². The molecule has 2 rings (SSSR count). The first-order chi connectivity index (χ1) is 6.63. The number of fused-ring (bicyclic) bond motifs is 1. The van der Waals surface area contributed by atoms with Crippen LogP contribution in [0.2, 0.25) is 0 Å². The third-order valence-corrected chi connectivity index (χ3v) is 2.74. The Bertz CT molecular complexity index is 375. The number of aliphatic hydroxyl groups excluding tert-OH is 1. The van der Waals surface area contributed by atoms with Crippen molar-refractivity contribution in [3.8, 4) is 0 Å². The molecule has 0 aromatic heterocycles. The van der Waals surface area contributed by atoms with Crippen molar-refractivity contribution < 1.29 is 9.90 Å². The van der Waals surface area contributed by atoms with Gasteiger partial charge in [-0.2, -0.15) is 0 Å². The molecule has 2 atom stereocenters. The molecule has 0 spiro atoms. The standard InChI is InChI=1S/C11H13NO2/c1-7-9-5-3-4-6-10(9)12(8(2)13)11(7)14/h3-7,11,14H,1-2H3/t7-,11+/m0/s1. The van der Waals surface area contributed by atoms with Crippen LogP contribution in [0.25, 0.3) is 0 Å². The van der Waals surface area contributed by atoms with Crippen molar-refractivity contribution in [2.24, 2.45) is 0 Å². The van der Waals surface area contributed by atoms with Crippen LogP contribution in [0.1, 0.15) is 25.3 Å². The lowest BCUT2D eigenvalue weighted by molar-refractivity contribution is -0.118. The van der Waals surface area contributed by atoms with E-state index in [0.717, 1.165) is 11.3 Å². The first kappa shape index (κ1) is 9.21. The third kappa shape index (κ3) is 1.13. The first-order valence-electron chi connectivity index (χ1n) is 4.69. The van der Waals surface area contributed by atoms with E-state index < -0.39 is 6.23 Å². The predicted molar refractivity (Wildman–Crippen MR) is 54.0 cm³/mol. The Morgan fingerprint density at radius 3 is 2.71 bits per heavy atom. The minimum Gasteiger partial charge on any atom is -0.372 e. The van der Waals surface area contributed by atoms with Crippen LogP contribution in [0.4, 0.5) is 5.69 Å². The lowest BCUT2D eigenvalue weighted by Crippen LogP contribution is -2.36. The number of aliphatic hydroxyl groups is 1. The van der Waals surface area contributed by atoms with Gasteiger partial charge in [0.2, 0.25) is 5.91 Å². The summed E-state index contributed by atoms with van der Waals surface area (Å²) in [7, 11) is 0. The molecule has 0 radical (unpaired) electrons. The molecule has 1 aromatic carbocycles. The Kier molecular flexibility index (Phi) is 2.04. The quantitative estimate of drug-likeness (QED) is 0.674. The Morgan fingerprint density at radius 1 is 1.43 bits per heavy atom. The van der Waals surface area contributed by atoms with E-state index in [1.54, 1.807) is 0 Å². The van der Waals surface area contributed by atoms with Gasteiger partial charge in [0.05, 0.1) is 0 Å². The Labute approximate surface area is 83.0 Å². The van der Waals surface area contributed by atoms with Crippen molar-refractivity contribution in [2.45, 2.75) is 26.0 Å². The summed E-state index contributed by atoms with van der Waals surface area (Å²) in [6.07, 6.45) is -0.718. The molecule has 1 heterocycles. The molecule has 1 aliphatic rings. The smallest absolute Gasteiger partial charge is 0.226 e. The average molecular weight is 191 g/mol. The number of nitrogens with zero attached hydrogens (tertiary/aromatic N) is 1. The van der Waals surface area contributed by atoms with Crippen LogP contribution in [0.3, 0.4) is 0 Å². The van der Waals surface area contributed by atoms with Crippen LogP contribution >= 0.6 is 0 Å². The molecule has 3 nitrogen and oxygen atoms in total. The normalized spacial score (nSPS) is 24.9. The van der Waals surface area contributed by atoms with Crippen LogP contribution in [-0.4, -0.2) is 17.2 Å². The molecular formula is C11H13NO2. The molecule has 0 fully saturated rings. The fourth-order valence-electron chi connectivity index (χ4n) is 1.97. The number of para-hydroxylation sites is 1. The SMILES string of the molecule is CC(=O)N1c2ccccc2[C@H](C)[C@H]1O. The lowest BCUT2D eigenvalue weighted by Gasteiger charge is -2.20. The van der Waals surface area contributed by atoms with Crippen molar-refractivity contribution in [3.63, 3.8) is 0 Å². The molecule has 0 bridgehead atoms. The van der Waals surface area contributed by atoms with Gasteiger partial charge in [0.25, 0.3) is 0 Å². The van der Waals surface area contributed by atoms with Gasteiger partial charge in [-0.25, -0.2) is 0 Å². The summed E-state index contributed by atoms with van der Waals surface area (Å²) in [6.45, 7) is 3.39. The van der Waals surface area contributed by atoms with E-state index in [0.29, 0.717) is 0 Å². The molecule has 14 heavy (non-hydrogen) atoms. The van der Waals surface area contributed by atoms with Crippen LogP contribution in [0.15, 0.2) is 24.3 Å². The molecule has 1 amide bonds. The van der Waals surface area contributed by atoms with Gasteiger partial charge in [-0.05, 0) is 11.6 Å². The fraction of sp³-hybridized carbons (Fsp3) is 0.364. The van der Waals surface area contributed by atoms with Crippen molar-refractivity contribution in [2.75, 3.05) is 4.90 Å². The lowest BCUT2D eigenvalue weighted by atomic mass is 10.0. The summed E-state index contributed by atoms with van der Waals surface area (Å²) < 4.78 is 0. The minimum absolute atomic E-state index is 0.00454. The van der Waals surface area contributed by atoms with Gasteiger partial charge in [0.15, 0.2) is 0 Å². The maximum atomic E-state index is 11.3. The zero-order valence-electron chi connectivity index (χ0n) is 8.27.